The van der Waals surface area contributed by atoms with E-state index in [2.05, 4.69) is 46.5 Å². The largest absolute Gasteiger partial charge is 0.497 e. The molecule has 5 nitrogen and oxygen atoms in total. The van der Waals surface area contributed by atoms with E-state index in [4.69, 9.17) is 10.5 Å². The summed E-state index contributed by atoms with van der Waals surface area (Å²) in [5.74, 6) is 1.97. The number of aryl methyl sites for hydroxylation is 2. The lowest BCUT2D eigenvalue weighted by Gasteiger charge is -2.16. The van der Waals surface area contributed by atoms with E-state index in [1.807, 2.05) is 37.3 Å². The summed E-state index contributed by atoms with van der Waals surface area (Å²) in [4.78, 5) is 9.09. The van der Waals surface area contributed by atoms with Gasteiger partial charge < -0.3 is 15.8 Å². The van der Waals surface area contributed by atoms with E-state index >= 15 is 0 Å². The van der Waals surface area contributed by atoms with Gasteiger partial charge in [0, 0.05) is 11.3 Å². The molecular weight excluding hydrogens is 336 g/mol. The molecule has 3 N–H and O–H groups in total. The molecule has 1 aromatic heterocycles. The Balaban J connectivity index is 1.68. The average Bonchev–Trinajstić information content (AvgIpc) is 2.68. The van der Waals surface area contributed by atoms with E-state index in [-0.39, 0.29) is 6.04 Å². The van der Waals surface area contributed by atoms with Crippen molar-refractivity contribution < 1.29 is 4.74 Å². The van der Waals surface area contributed by atoms with Crippen LogP contribution in [0.3, 0.4) is 0 Å². The van der Waals surface area contributed by atoms with Crippen molar-refractivity contribution in [2.24, 2.45) is 0 Å². The number of ether oxygens (including phenoxy) is 1. The van der Waals surface area contributed by atoms with Crippen LogP contribution in [0, 0.1) is 6.92 Å². The topological polar surface area (TPSA) is 73.1 Å². The Hall–Kier alpha value is -3.08. The minimum Gasteiger partial charge on any atom is -0.497 e. The Labute approximate surface area is 160 Å². The van der Waals surface area contributed by atoms with Crippen LogP contribution < -0.4 is 15.8 Å². The monoisotopic (exact) mass is 362 g/mol. The van der Waals surface area contributed by atoms with Gasteiger partial charge in [0.05, 0.1) is 13.2 Å². The van der Waals surface area contributed by atoms with E-state index in [1.165, 1.54) is 11.1 Å². The zero-order chi connectivity index (χ0) is 19.2. The molecule has 140 valence electrons. The second-order valence-electron chi connectivity index (χ2n) is 6.62. The molecule has 1 heterocycles. The quantitative estimate of drug-likeness (QED) is 0.654. The first kappa shape index (κ1) is 18.7. The average molecular weight is 362 g/mol. The lowest BCUT2D eigenvalue weighted by Crippen LogP contribution is -2.13. The molecule has 3 aromatic rings. The predicted molar refractivity (Wildman–Crippen MR) is 110 cm³/mol. The molecule has 0 unspecified atom stereocenters. The normalized spacial score (nSPS) is 11.8. The molecule has 27 heavy (non-hydrogen) atoms. The number of nitrogens with two attached hydrogens (primary N) is 1. The summed E-state index contributed by atoms with van der Waals surface area (Å²) in [6.07, 6.45) is 1.68. The maximum Gasteiger partial charge on any atom is 0.225 e. The van der Waals surface area contributed by atoms with Gasteiger partial charge in [0.1, 0.15) is 11.6 Å². The van der Waals surface area contributed by atoms with E-state index < -0.39 is 0 Å². The fraction of sp³-hybridized carbons (Fsp3) is 0.273. The molecule has 3 rings (SSSR count). The van der Waals surface area contributed by atoms with Gasteiger partial charge in [-0.25, -0.2) is 4.98 Å². The number of hydrogen-bond acceptors (Lipinski definition) is 5. The molecule has 0 bridgehead atoms. The van der Waals surface area contributed by atoms with Crippen molar-refractivity contribution in [1.29, 1.82) is 0 Å². The van der Waals surface area contributed by atoms with Crippen molar-refractivity contribution in [3.63, 3.8) is 0 Å². The summed E-state index contributed by atoms with van der Waals surface area (Å²) < 4.78 is 5.20. The van der Waals surface area contributed by atoms with Crippen molar-refractivity contribution in [3.8, 4) is 5.75 Å². The van der Waals surface area contributed by atoms with Crippen LogP contribution in [0.4, 0.5) is 11.8 Å². The molecule has 5 heteroatoms. The molecule has 1 atom stereocenters. The molecule has 0 fully saturated rings. The van der Waals surface area contributed by atoms with Gasteiger partial charge in [0.2, 0.25) is 5.95 Å². The first-order valence-electron chi connectivity index (χ1n) is 9.14. The minimum absolute atomic E-state index is 0.107. The highest BCUT2D eigenvalue weighted by atomic mass is 16.5. The van der Waals surface area contributed by atoms with E-state index in [0.717, 1.165) is 29.8 Å². The van der Waals surface area contributed by atoms with Crippen LogP contribution in [-0.4, -0.2) is 17.1 Å². The second kappa shape index (κ2) is 8.54. The van der Waals surface area contributed by atoms with Crippen molar-refractivity contribution in [2.45, 2.75) is 32.7 Å². The summed E-state index contributed by atoms with van der Waals surface area (Å²) in [7, 11) is 1.67. The molecule has 0 saturated heterocycles. The predicted octanol–water partition coefficient (Wildman–Crippen LogP) is 4.33. The molecule has 0 aliphatic carbocycles. The molecule has 0 aliphatic rings. The van der Waals surface area contributed by atoms with Crippen molar-refractivity contribution in [3.05, 3.63) is 77.0 Å². The second-order valence-corrected chi connectivity index (χ2v) is 6.62. The summed E-state index contributed by atoms with van der Waals surface area (Å²) in [6, 6.07) is 18.4. The number of nitrogens with one attached hydrogen (secondary N) is 1. The molecular formula is C22H26N4O. The number of methoxy groups -OCH3 is 1. The number of nitrogens with zero attached hydrogens (tertiary/aromatic N) is 2. The van der Waals surface area contributed by atoms with E-state index in [9.17, 15) is 0 Å². The van der Waals surface area contributed by atoms with Crippen molar-refractivity contribution >= 4 is 11.8 Å². The smallest absolute Gasteiger partial charge is 0.225 e. The summed E-state index contributed by atoms with van der Waals surface area (Å²) in [5.41, 5.74) is 10.6. The number of rotatable bonds is 7. The fourth-order valence-electron chi connectivity index (χ4n) is 3.07. The van der Waals surface area contributed by atoms with Crippen LogP contribution in [0.15, 0.2) is 54.6 Å². The molecule has 0 radical (unpaired) electrons. The number of nitrogen functional groups attached to an aromatic ring is 1. The highest BCUT2D eigenvalue weighted by Gasteiger charge is 2.12. The third-order valence-electron chi connectivity index (χ3n) is 4.71. The Morgan fingerprint density at radius 1 is 1.00 bits per heavy atom. The SMILES string of the molecule is COc1ccc(CCc2c(C)nc(N[C@@H](C)c3ccccc3)nc2N)cc1. The molecule has 0 saturated carbocycles. The standard InChI is InChI=1S/C22H26N4O/c1-15(18-7-5-4-6-8-18)24-22-25-16(2)20(21(23)26-22)14-11-17-9-12-19(27-3)13-10-17/h4-10,12-13,15H,11,14H2,1-3H3,(H3,23,24,25,26)/t15-/m0/s1. The van der Waals surface area contributed by atoms with Gasteiger partial charge in [0.25, 0.3) is 0 Å². The maximum atomic E-state index is 6.24. The summed E-state index contributed by atoms with van der Waals surface area (Å²) in [6.45, 7) is 4.07. The zero-order valence-corrected chi connectivity index (χ0v) is 16.1. The Kier molecular flexibility index (Phi) is 5.91. The lowest BCUT2D eigenvalue weighted by atomic mass is 10.0. The van der Waals surface area contributed by atoms with Gasteiger partial charge in [-0.2, -0.15) is 4.98 Å². The van der Waals surface area contributed by atoms with Gasteiger partial charge in [0.15, 0.2) is 0 Å². The van der Waals surface area contributed by atoms with Crippen LogP contribution in [0.5, 0.6) is 5.75 Å². The minimum atomic E-state index is 0.107. The molecule has 0 spiro atoms. The van der Waals surface area contributed by atoms with Crippen molar-refractivity contribution in [2.75, 3.05) is 18.2 Å². The van der Waals surface area contributed by atoms with Crippen LogP contribution in [0.25, 0.3) is 0 Å². The highest BCUT2D eigenvalue weighted by molar-refractivity contribution is 5.48. The van der Waals surface area contributed by atoms with Gasteiger partial charge in [-0.15, -0.1) is 0 Å². The molecule has 0 aliphatic heterocycles. The van der Waals surface area contributed by atoms with Gasteiger partial charge >= 0.3 is 0 Å². The van der Waals surface area contributed by atoms with Crippen LogP contribution in [0.1, 0.15) is 35.3 Å². The fourth-order valence-corrected chi connectivity index (χ4v) is 3.07. The van der Waals surface area contributed by atoms with E-state index in [0.29, 0.717) is 11.8 Å². The number of hydrogen-bond donors (Lipinski definition) is 2. The molecule has 0 amide bonds. The molecule has 2 aromatic carbocycles. The Morgan fingerprint density at radius 2 is 1.70 bits per heavy atom. The lowest BCUT2D eigenvalue weighted by molar-refractivity contribution is 0.414. The Morgan fingerprint density at radius 3 is 2.33 bits per heavy atom. The summed E-state index contributed by atoms with van der Waals surface area (Å²) >= 11 is 0. The van der Waals surface area contributed by atoms with Gasteiger partial charge in [-0.05, 0) is 49.9 Å². The maximum absolute atomic E-state index is 6.24. The van der Waals surface area contributed by atoms with Crippen molar-refractivity contribution in [1.82, 2.24) is 9.97 Å². The third-order valence-corrected chi connectivity index (χ3v) is 4.71. The number of aromatic nitrogens is 2. The van der Waals surface area contributed by atoms with Gasteiger partial charge in [-0.1, -0.05) is 42.5 Å². The first-order chi connectivity index (χ1) is 13.1. The van der Waals surface area contributed by atoms with Crippen LogP contribution in [0.2, 0.25) is 0 Å². The third kappa shape index (κ3) is 4.76. The summed E-state index contributed by atoms with van der Waals surface area (Å²) in [5, 5.41) is 3.34. The van der Waals surface area contributed by atoms with Gasteiger partial charge in [-0.3, -0.25) is 0 Å². The van der Waals surface area contributed by atoms with Crippen LogP contribution in [-0.2, 0) is 12.8 Å². The van der Waals surface area contributed by atoms with E-state index in [1.54, 1.807) is 7.11 Å². The zero-order valence-electron chi connectivity index (χ0n) is 16.1. The number of anilines is 2. The first-order valence-corrected chi connectivity index (χ1v) is 9.14. The Bertz CT molecular complexity index is 856. The highest BCUT2D eigenvalue weighted by Crippen LogP contribution is 2.22. The van der Waals surface area contributed by atoms with Crippen LogP contribution >= 0.6 is 0 Å². The number of benzene rings is 2.